The minimum atomic E-state index is -0.278. The van der Waals surface area contributed by atoms with E-state index in [-0.39, 0.29) is 17.6 Å². The van der Waals surface area contributed by atoms with E-state index < -0.39 is 0 Å². The van der Waals surface area contributed by atoms with Gasteiger partial charge < -0.3 is 14.0 Å². The van der Waals surface area contributed by atoms with Crippen LogP contribution in [-0.4, -0.2) is 39.9 Å². The maximum Gasteiger partial charge on any atom is 0.274 e. The fourth-order valence-electron chi connectivity index (χ4n) is 3.33. The third-order valence-electron chi connectivity index (χ3n) is 4.69. The number of fused-ring (bicyclic) bond motifs is 1. The Morgan fingerprint density at radius 1 is 1.23 bits per heavy atom. The van der Waals surface area contributed by atoms with Crippen molar-refractivity contribution in [1.29, 1.82) is 0 Å². The molecular formula is C20H20FN3O2. The third kappa shape index (κ3) is 3.54. The Bertz CT molecular complexity index is 874. The maximum atomic E-state index is 13.0. The van der Waals surface area contributed by atoms with Crippen molar-refractivity contribution in [1.82, 2.24) is 14.3 Å². The summed E-state index contributed by atoms with van der Waals surface area (Å²) >= 11 is 0. The number of hydrogen-bond acceptors (Lipinski definition) is 3. The number of halogens is 1. The highest BCUT2D eigenvalue weighted by Crippen LogP contribution is 2.21. The lowest BCUT2D eigenvalue weighted by atomic mass is 9.98. The smallest absolute Gasteiger partial charge is 0.274 e. The molecule has 1 aliphatic heterocycles. The Labute approximate surface area is 151 Å². The van der Waals surface area contributed by atoms with E-state index in [0.717, 1.165) is 25.0 Å². The topological polar surface area (TPSA) is 46.8 Å². The minimum absolute atomic E-state index is 0.0415. The standard InChI is InChI=1S/C20H20FN3O2/c21-16-6-8-17(9-7-16)26-14-15-4-3-11-24(12-15)20(25)18-13-23-10-2-1-5-19(23)22-18/h1-2,5-10,13,15H,3-4,11-12,14H2. The zero-order valence-corrected chi connectivity index (χ0v) is 14.3. The summed E-state index contributed by atoms with van der Waals surface area (Å²) in [6.07, 6.45) is 5.61. The summed E-state index contributed by atoms with van der Waals surface area (Å²) in [7, 11) is 0. The molecule has 3 heterocycles. The summed E-state index contributed by atoms with van der Waals surface area (Å²) in [5.41, 5.74) is 1.24. The number of pyridine rings is 1. The van der Waals surface area contributed by atoms with Crippen LogP contribution >= 0.6 is 0 Å². The number of imidazole rings is 1. The van der Waals surface area contributed by atoms with Crippen LogP contribution in [0.1, 0.15) is 23.3 Å². The number of carbonyl (C=O) groups excluding carboxylic acids is 1. The van der Waals surface area contributed by atoms with Crippen LogP contribution in [0, 0.1) is 11.7 Å². The van der Waals surface area contributed by atoms with Crippen molar-refractivity contribution in [2.24, 2.45) is 5.92 Å². The summed E-state index contributed by atoms with van der Waals surface area (Å²) in [4.78, 5) is 19.1. The molecule has 3 aromatic rings. The first kappa shape index (κ1) is 16.6. The van der Waals surface area contributed by atoms with Crippen LogP contribution in [0.4, 0.5) is 4.39 Å². The molecule has 0 radical (unpaired) electrons. The SMILES string of the molecule is O=C(c1cn2ccccc2n1)N1CCCC(COc2ccc(F)cc2)C1. The maximum absolute atomic E-state index is 13.0. The average Bonchev–Trinajstić information content (AvgIpc) is 3.11. The molecule has 0 N–H and O–H groups in total. The zero-order chi connectivity index (χ0) is 17.9. The molecule has 2 aromatic heterocycles. The van der Waals surface area contributed by atoms with Gasteiger partial charge in [-0.2, -0.15) is 0 Å². The second-order valence-corrected chi connectivity index (χ2v) is 6.62. The first-order valence-corrected chi connectivity index (χ1v) is 8.80. The van der Waals surface area contributed by atoms with E-state index in [9.17, 15) is 9.18 Å². The van der Waals surface area contributed by atoms with E-state index in [1.807, 2.05) is 33.7 Å². The van der Waals surface area contributed by atoms with E-state index >= 15 is 0 Å². The molecule has 1 saturated heterocycles. The minimum Gasteiger partial charge on any atom is -0.493 e. The van der Waals surface area contributed by atoms with Crippen molar-refractivity contribution in [2.45, 2.75) is 12.8 Å². The molecule has 1 unspecified atom stereocenters. The molecular weight excluding hydrogens is 333 g/mol. The molecule has 6 heteroatoms. The summed E-state index contributed by atoms with van der Waals surface area (Å²) < 4.78 is 20.6. The van der Waals surface area contributed by atoms with Gasteiger partial charge in [-0.15, -0.1) is 0 Å². The third-order valence-corrected chi connectivity index (χ3v) is 4.69. The Morgan fingerprint density at radius 3 is 2.88 bits per heavy atom. The first-order valence-electron chi connectivity index (χ1n) is 8.80. The molecule has 134 valence electrons. The molecule has 26 heavy (non-hydrogen) atoms. The van der Waals surface area contributed by atoms with Crippen molar-refractivity contribution in [3.63, 3.8) is 0 Å². The predicted octanol–water partition coefficient (Wildman–Crippen LogP) is 3.40. The van der Waals surface area contributed by atoms with Gasteiger partial charge >= 0.3 is 0 Å². The van der Waals surface area contributed by atoms with Gasteiger partial charge in [-0.1, -0.05) is 6.07 Å². The largest absolute Gasteiger partial charge is 0.493 e. The Hall–Kier alpha value is -2.89. The van der Waals surface area contributed by atoms with Crippen LogP contribution in [0.5, 0.6) is 5.75 Å². The number of likely N-dealkylation sites (tertiary alicyclic amines) is 1. The van der Waals surface area contributed by atoms with E-state index in [0.29, 0.717) is 24.6 Å². The number of ether oxygens (including phenoxy) is 1. The monoisotopic (exact) mass is 353 g/mol. The second kappa shape index (κ2) is 7.15. The lowest BCUT2D eigenvalue weighted by Crippen LogP contribution is -2.41. The van der Waals surface area contributed by atoms with Crippen LogP contribution in [-0.2, 0) is 0 Å². The number of aromatic nitrogens is 2. The molecule has 0 aliphatic carbocycles. The van der Waals surface area contributed by atoms with Crippen molar-refractivity contribution < 1.29 is 13.9 Å². The van der Waals surface area contributed by atoms with E-state index in [1.165, 1.54) is 12.1 Å². The molecule has 1 aromatic carbocycles. The number of piperidine rings is 1. The number of nitrogens with zero attached hydrogens (tertiary/aromatic N) is 3. The number of rotatable bonds is 4. The van der Waals surface area contributed by atoms with Crippen molar-refractivity contribution in [3.05, 3.63) is 66.4 Å². The molecule has 4 rings (SSSR count). The molecule has 0 saturated carbocycles. The predicted molar refractivity (Wildman–Crippen MR) is 95.7 cm³/mol. The summed E-state index contributed by atoms with van der Waals surface area (Å²) in [5.74, 6) is 0.587. The molecule has 0 spiro atoms. The van der Waals surface area contributed by atoms with Gasteiger partial charge in [0.1, 0.15) is 22.9 Å². The van der Waals surface area contributed by atoms with Gasteiger partial charge in [-0.25, -0.2) is 9.37 Å². The Kier molecular flexibility index (Phi) is 4.56. The van der Waals surface area contributed by atoms with Gasteiger partial charge in [0.05, 0.1) is 6.61 Å². The fraction of sp³-hybridized carbons (Fsp3) is 0.300. The van der Waals surface area contributed by atoms with E-state index in [2.05, 4.69) is 4.98 Å². The molecule has 1 aliphatic rings. The first-order chi connectivity index (χ1) is 12.7. The lowest BCUT2D eigenvalue weighted by Gasteiger charge is -2.32. The Morgan fingerprint density at radius 2 is 2.08 bits per heavy atom. The van der Waals surface area contributed by atoms with Crippen LogP contribution in [0.25, 0.3) is 5.65 Å². The van der Waals surface area contributed by atoms with Crippen LogP contribution in [0.3, 0.4) is 0 Å². The highest BCUT2D eigenvalue weighted by atomic mass is 19.1. The van der Waals surface area contributed by atoms with Crippen LogP contribution in [0.15, 0.2) is 54.9 Å². The van der Waals surface area contributed by atoms with Crippen molar-refractivity contribution in [3.8, 4) is 5.75 Å². The normalized spacial score (nSPS) is 17.4. The highest BCUT2D eigenvalue weighted by molar-refractivity contribution is 5.93. The molecule has 5 nitrogen and oxygen atoms in total. The molecule has 1 atom stereocenters. The highest BCUT2D eigenvalue weighted by Gasteiger charge is 2.26. The van der Waals surface area contributed by atoms with Crippen LogP contribution in [0.2, 0.25) is 0 Å². The quantitative estimate of drug-likeness (QED) is 0.722. The van der Waals surface area contributed by atoms with E-state index in [1.54, 1.807) is 18.3 Å². The lowest BCUT2D eigenvalue weighted by molar-refractivity contribution is 0.0628. The second-order valence-electron chi connectivity index (χ2n) is 6.62. The van der Waals surface area contributed by atoms with Gasteiger partial charge in [0, 0.05) is 31.4 Å². The van der Waals surface area contributed by atoms with Crippen molar-refractivity contribution in [2.75, 3.05) is 19.7 Å². The summed E-state index contributed by atoms with van der Waals surface area (Å²) in [6.45, 7) is 1.90. The Balaban J connectivity index is 1.39. The van der Waals surface area contributed by atoms with Crippen molar-refractivity contribution >= 4 is 11.6 Å². The van der Waals surface area contributed by atoms with Gasteiger partial charge in [-0.3, -0.25) is 4.79 Å². The number of carbonyl (C=O) groups is 1. The zero-order valence-electron chi connectivity index (χ0n) is 14.3. The fourth-order valence-corrected chi connectivity index (χ4v) is 3.33. The van der Waals surface area contributed by atoms with E-state index in [4.69, 9.17) is 4.74 Å². The van der Waals surface area contributed by atoms with Gasteiger partial charge in [0.25, 0.3) is 5.91 Å². The van der Waals surface area contributed by atoms with Crippen LogP contribution < -0.4 is 4.74 Å². The average molecular weight is 353 g/mol. The number of benzene rings is 1. The summed E-state index contributed by atoms with van der Waals surface area (Å²) in [6, 6.07) is 11.7. The molecule has 0 bridgehead atoms. The van der Waals surface area contributed by atoms with Gasteiger partial charge in [0.15, 0.2) is 0 Å². The number of hydrogen-bond donors (Lipinski definition) is 0. The number of amides is 1. The van der Waals surface area contributed by atoms with Gasteiger partial charge in [0.2, 0.25) is 0 Å². The summed E-state index contributed by atoms with van der Waals surface area (Å²) in [5, 5.41) is 0. The molecule has 1 fully saturated rings. The van der Waals surface area contributed by atoms with Gasteiger partial charge in [-0.05, 0) is 49.2 Å². The molecule has 1 amide bonds.